The molecule has 0 heterocycles. The van der Waals surface area contributed by atoms with Gasteiger partial charge in [-0.2, -0.15) is 0 Å². The van der Waals surface area contributed by atoms with Gasteiger partial charge in [-0.1, -0.05) is 6.42 Å². The minimum atomic E-state index is -0.152. The van der Waals surface area contributed by atoms with Crippen molar-refractivity contribution in [3.05, 3.63) is 0 Å². The number of ketones is 1. The van der Waals surface area contributed by atoms with E-state index in [2.05, 4.69) is 10.6 Å². The summed E-state index contributed by atoms with van der Waals surface area (Å²) in [5.41, 5.74) is 0. The molecule has 0 aliphatic heterocycles. The van der Waals surface area contributed by atoms with Crippen LogP contribution in [0.3, 0.4) is 0 Å². The number of amides is 3. The Hall–Kier alpha value is -1.92. The van der Waals surface area contributed by atoms with Gasteiger partial charge in [-0.25, -0.2) is 0 Å². The van der Waals surface area contributed by atoms with Crippen LogP contribution in [-0.4, -0.2) is 54.6 Å². The number of hydrogen-bond acceptors (Lipinski definition) is 4. The SMILES string of the molecule is CC(=O)CCCCCNC(=O)[C@H]1CC[C@H](NC(=O)CN(C)C(C)=O)CC1. The average molecular weight is 367 g/mol. The number of nitrogens with zero attached hydrogens (tertiary/aromatic N) is 1. The molecule has 3 amide bonds. The van der Waals surface area contributed by atoms with Gasteiger partial charge in [0.1, 0.15) is 5.78 Å². The summed E-state index contributed by atoms with van der Waals surface area (Å²) in [6.07, 6.45) is 6.45. The summed E-state index contributed by atoms with van der Waals surface area (Å²) in [5.74, 6) is 0.0340. The van der Waals surface area contributed by atoms with Crippen LogP contribution < -0.4 is 10.6 Å². The fourth-order valence-corrected chi connectivity index (χ4v) is 3.13. The highest BCUT2D eigenvalue weighted by molar-refractivity contribution is 5.83. The molecule has 0 atom stereocenters. The maximum absolute atomic E-state index is 12.2. The number of nitrogens with one attached hydrogen (secondary N) is 2. The molecule has 1 aliphatic carbocycles. The van der Waals surface area contributed by atoms with Gasteiger partial charge < -0.3 is 20.3 Å². The third kappa shape index (κ3) is 8.97. The number of carbonyl (C=O) groups is 4. The molecule has 0 radical (unpaired) electrons. The predicted molar refractivity (Wildman–Crippen MR) is 99.4 cm³/mol. The molecular formula is C19H33N3O4. The zero-order valence-corrected chi connectivity index (χ0v) is 16.3. The highest BCUT2D eigenvalue weighted by atomic mass is 16.2. The van der Waals surface area contributed by atoms with E-state index in [0.29, 0.717) is 13.0 Å². The quantitative estimate of drug-likeness (QED) is 0.571. The van der Waals surface area contributed by atoms with Crippen LogP contribution in [0.4, 0.5) is 0 Å². The summed E-state index contributed by atoms with van der Waals surface area (Å²) < 4.78 is 0. The van der Waals surface area contributed by atoms with E-state index in [9.17, 15) is 19.2 Å². The van der Waals surface area contributed by atoms with Gasteiger partial charge in [-0.3, -0.25) is 14.4 Å². The summed E-state index contributed by atoms with van der Waals surface area (Å²) in [6.45, 7) is 3.76. The fourth-order valence-electron chi connectivity index (χ4n) is 3.13. The molecule has 0 unspecified atom stereocenters. The lowest BCUT2D eigenvalue weighted by Crippen LogP contribution is -2.44. The maximum Gasteiger partial charge on any atom is 0.239 e. The molecule has 0 aromatic rings. The van der Waals surface area contributed by atoms with Crippen molar-refractivity contribution in [2.75, 3.05) is 20.1 Å². The molecule has 2 N–H and O–H groups in total. The van der Waals surface area contributed by atoms with Crippen molar-refractivity contribution in [1.29, 1.82) is 0 Å². The Kier molecular flexibility index (Phi) is 9.91. The van der Waals surface area contributed by atoms with Crippen molar-refractivity contribution in [3.63, 3.8) is 0 Å². The number of rotatable bonds is 10. The minimum Gasteiger partial charge on any atom is -0.356 e. The Bertz CT molecular complexity index is 499. The lowest BCUT2D eigenvalue weighted by atomic mass is 9.85. The van der Waals surface area contributed by atoms with Gasteiger partial charge in [0.15, 0.2) is 0 Å². The molecule has 0 bridgehead atoms. The number of carbonyl (C=O) groups excluding carboxylic acids is 4. The molecule has 1 saturated carbocycles. The predicted octanol–water partition coefficient (Wildman–Crippen LogP) is 1.41. The summed E-state index contributed by atoms with van der Waals surface area (Å²) in [6, 6.07) is 0.0819. The van der Waals surface area contributed by atoms with E-state index < -0.39 is 0 Å². The third-order valence-corrected chi connectivity index (χ3v) is 4.89. The maximum atomic E-state index is 12.2. The second-order valence-corrected chi connectivity index (χ2v) is 7.29. The Morgan fingerprint density at radius 2 is 1.62 bits per heavy atom. The Labute approximate surface area is 156 Å². The molecular weight excluding hydrogens is 334 g/mol. The molecule has 0 aromatic heterocycles. The third-order valence-electron chi connectivity index (χ3n) is 4.89. The van der Waals surface area contributed by atoms with Crippen LogP contribution in [0.25, 0.3) is 0 Å². The van der Waals surface area contributed by atoms with Crippen molar-refractivity contribution < 1.29 is 19.2 Å². The Morgan fingerprint density at radius 1 is 0.962 bits per heavy atom. The molecule has 7 nitrogen and oxygen atoms in total. The Morgan fingerprint density at radius 3 is 2.19 bits per heavy atom. The molecule has 0 aromatic carbocycles. The van der Waals surface area contributed by atoms with Gasteiger partial charge in [-0.15, -0.1) is 0 Å². The van der Waals surface area contributed by atoms with E-state index in [1.165, 1.54) is 11.8 Å². The van der Waals surface area contributed by atoms with Gasteiger partial charge in [0.25, 0.3) is 0 Å². The van der Waals surface area contributed by atoms with E-state index >= 15 is 0 Å². The standard InChI is InChI=1S/C19H33N3O4/c1-14(23)7-5-4-6-12-20-19(26)16-8-10-17(11-9-16)21-18(25)13-22(3)15(2)24/h16-17H,4-13H2,1-3H3,(H,20,26)(H,21,25)/t16-,17-. The molecule has 1 fully saturated rings. The first-order valence-corrected chi connectivity index (χ1v) is 9.57. The van der Waals surface area contributed by atoms with Crippen LogP contribution in [0, 0.1) is 5.92 Å². The summed E-state index contributed by atoms with van der Waals surface area (Å²) in [4.78, 5) is 47.5. The zero-order chi connectivity index (χ0) is 19.5. The molecule has 0 spiro atoms. The van der Waals surface area contributed by atoms with Crippen LogP contribution in [-0.2, 0) is 19.2 Å². The first-order chi connectivity index (χ1) is 12.3. The van der Waals surface area contributed by atoms with Crippen LogP contribution in [0.5, 0.6) is 0 Å². The number of Topliss-reactive ketones (excluding diaryl/α,β-unsaturated/α-hetero) is 1. The molecule has 148 valence electrons. The van der Waals surface area contributed by atoms with E-state index in [0.717, 1.165) is 44.9 Å². The minimum absolute atomic E-state index is 0.0141. The first kappa shape index (κ1) is 22.1. The van der Waals surface area contributed by atoms with Crippen molar-refractivity contribution in [3.8, 4) is 0 Å². The van der Waals surface area contributed by atoms with Crippen molar-refractivity contribution in [2.24, 2.45) is 5.92 Å². The second kappa shape index (κ2) is 11.6. The smallest absolute Gasteiger partial charge is 0.239 e. The average Bonchev–Trinajstić information content (AvgIpc) is 2.57. The van der Waals surface area contributed by atoms with Gasteiger partial charge in [0, 0.05) is 38.9 Å². The number of unbranched alkanes of at least 4 members (excludes halogenated alkanes) is 2. The molecule has 1 rings (SSSR count). The van der Waals surface area contributed by atoms with Gasteiger partial charge in [0.05, 0.1) is 6.54 Å². The zero-order valence-electron chi connectivity index (χ0n) is 16.3. The molecule has 7 heteroatoms. The van der Waals surface area contributed by atoms with Crippen LogP contribution in [0.1, 0.15) is 65.2 Å². The van der Waals surface area contributed by atoms with Crippen LogP contribution in [0.2, 0.25) is 0 Å². The lowest BCUT2D eigenvalue weighted by molar-refractivity contribution is -0.133. The van der Waals surface area contributed by atoms with Gasteiger partial charge in [-0.05, 0) is 45.4 Å². The summed E-state index contributed by atoms with van der Waals surface area (Å²) >= 11 is 0. The van der Waals surface area contributed by atoms with Crippen LogP contribution in [0.15, 0.2) is 0 Å². The van der Waals surface area contributed by atoms with Crippen molar-refractivity contribution in [2.45, 2.75) is 71.3 Å². The highest BCUT2D eigenvalue weighted by Gasteiger charge is 2.27. The largest absolute Gasteiger partial charge is 0.356 e. The lowest BCUT2D eigenvalue weighted by Gasteiger charge is -2.29. The summed E-state index contributed by atoms with van der Waals surface area (Å²) in [5, 5.41) is 5.93. The van der Waals surface area contributed by atoms with Gasteiger partial charge in [0.2, 0.25) is 17.7 Å². The van der Waals surface area contributed by atoms with E-state index in [1.54, 1.807) is 14.0 Å². The number of hydrogen-bond donors (Lipinski definition) is 2. The second-order valence-electron chi connectivity index (χ2n) is 7.29. The highest BCUT2D eigenvalue weighted by Crippen LogP contribution is 2.24. The van der Waals surface area contributed by atoms with Crippen molar-refractivity contribution >= 4 is 23.5 Å². The van der Waals surface area contributed by atoms with Crippen LogP contribution >= 0.6 is 0 Å². The Balaban J connectivity index is 2.16. The monoisotopic (exact) mass is 367 g/mol. The summed E-state index contributed by atoms with van der Waals surface area (Å²) in [7, 11) is 1.60. The number of likely N-dealkylation sites (N-methyl/N-ethyl adjacent to an activating group) is 1. The molecule has 1 aliphatic rings. The fraction of sp³-hybridized carbons (Fsp3) is 0.789. The van der Waals surface area contributed by atoms with Gasteiger partial charge >= 0.3 is 0 Å². The van der Waals surface area contributed by atoms with Crippen molar-refractivity contribution in [1.82, 2.24) is 15.5 Å². The topological polar surface area (TPSA) is 95.6 Å². The first-order valence-electron chi connectivity index (χ1n) is 9.57. The van der Waals surface area contributed by atoms with E-state index in [1.807, 2.05) is 0 Å². The molecule has 0 saturated heterocycles. The van der Waals surface area contributed by atoms with E-state index in [4.69, 9.17) is 0 Å². The van der Waals surface area contributed by atoms with E-state index in [-0.39, 0.29) is 42.0 Å². The normalized spacial score (nSPS) is 19.5. The molecule has 26 heavy (non-hydrogen) atoms.